The van der Waals surface area contributed by atoms with E-state index in [2.05, 4.69) is 25.3 Å². The smallest absolute Gasteiger partial charge is 0.261 e. The molecule has 9 heteroatoms. The molecule has 0 unspecified atom stereocenters. The lowest BCUT2D eigenvalue weighted by Gasteiger charge is -2.11. The van der Waals surface area contributed by atoms with Gasteiger partial charge in [-0.1, -0.05) is 0 Å². The molecule has 0 saturated carbocycles. The van der Waals surface area contributed by atoms with Crippen LogP contribution in [-0.4, -0.2) is 24.9 Å². The second kappa shape index (κ2) is 8.22. The Morgan fingerprint density at radius 1 is 0.929 bits per heavy atom. The zero-order valence-corrected chi connectivity index (χ0v) is 16.2. The summed E-state index contributed by atoms with van der Waals surface area (Å²) in [5, 5.41) is 6.30. The molecule has 0 atom stereocenters. The van der Waals surface area contributed by atoms with E-state index < -0.39 is 15.8 Å². The van der Waals surface area contributed by atoms with E-state index in [1.165, 1.54) is 12.1 Å². The molecule has 7 nitrogen and oxygen atoms in total. The topological polar surface area (TPSA) is 96.0 Å². The van der Waals surface area contributed by atoms with E-state index in [0.717, 1.165) is 30.2 Å². The number of halogens is 1. The molecule has 0 amide bonds. The number of hydrogen-bond donors (Lipinski definition) is 3. The number of sulfonamides is 1. The largest absolute Gasteiger partial charge is 0.370 e. The number of benzene rings is 2. The summed E-state index contributed by atoms with van der Waals surface area (Å²) in [4.78, 5) is 8.62. The molecule has 28 heavy (non-hydrogen) atoms. The molecule has 1 heterocycles. The van der Waals surface area contributed by atoms with Crippen molar-refractivity contribution in [3.63, 3.8) is 0 Å². The van der Waals surface area contributed by atoms with Crippen molar-refractivity contribution in [2.45, 2.75) is 18.7 Å². The van der Waals surface area contributed by atoms with Crippen LogP contribution in [-0.2, 0) is 10.0 Å². The van der Waals surface area contributed by atoms with Crippen LogP contribution < -0.4 is 15.4 Å². The average Bonchev–Trinajstić information content (AvgIpc) is 2.63. The average molecular weight is 401 g/mol. The van der Waals surface area contributed by atoms with Crippen LogP contribution in [0.25, 0.3) is 0 Å². The van der Waals surface area contributed by atoms with Crippen molar-refractivity contribution in [2.24, 2.45) is 0 Å². The summed E-state index contributed by atoms with van der Waals surface area (Å²) in [5.41, 5.74) is 1.13. The van der Waals surface area contributed by atoms with Gasteiger partial charge >= 0.3 is 0 Å². The third kappa shape index (κ3) is 4.95. The lowest BCUT2D eigenvalue weighted by Crippen LogP contribution is -2.12. The van der Waals surface area contributed by atoms with Crippen LogP contribution in [0.5, 0.6) is 0 Å². The highest BCUT2D eigenvalue weighted by molar-refractivity contribution is 7.92. The van der Waals surface area contributed by atoms with Gasteiger partial charge in [0.25, 0.3) is 10.0 Å². The van der Waals surface area contributed by atoms with Crippen molar-refractivity contribution in [1.82, 2.24) is 9.97 Å². The first-order chi connectivity index (χ1) is 13.4. The van der Waals surface area contributed by atoms with E-state index in [4.69, 9.17) is 0 Å². The molecule has 0 aliphatic rings. The first-order valence-corrected chi connectivity index (χ1v) is 10.1. The Labute approximate surface area is 163 Å². The fourth-order valence-corrected chi connectivity index (χ4v) is 3.56. The molecule has 146 valence electrons. The zero-order valence-electron chi connectivity index (χ0n) is 15.4. The van der Waals surface area contributed by atoms with Gasteiger partial charge in [0.1, 0.15) is 23.3 Å². The predicted molar refractivity (Wildman–Crippen MR) is 108 cm³/mol. The quantitative estimate of drug-likeness (QED) is 0.556. The minimum absolute atomic E-state index is 0.0106. The van der Waals surface area contributed by atoms with Gasteiger partial charge in [0.15, 0.2) is 0 Å². The maximum absolute atomic E-state index is 13.0. The number of aryl methyl sites for hydroxylation is 1. The monoisotopic (exact) mass is 401 g/mol. The standard InChI is InChI=1S/C19H20FN5O2S/c1-3-21-18-12-19(23-13(2)22-18)24-15-6-8-16(9-7-15)25-28(26,27)17-10-4-14(20)5-11-17/h4-12,25H,3H2,1-2H3,(H2,21,22,23,24). The Kier molecular flexibility index (Phi) is 5.74. The van der Waals surface area contributed by atoms with Gasteiger partial charge < -0.3 is 10.6 Å². The fourth-order valence-electron chi connectivity index (χ4n) is 2.50. The highest BCUT2D eigenvalue weighted by Gasteiger charge is 2.14. The second-order valence-electron chi connectivity index (χ2n) is 5.98. The highest BCUT2D eigenvalue weighted by Crippen LogP contribution is 2.21. The van der Waals surface area contributed by atoms with Gasteiger partial charge in [0.05, 0.1) is 4.90 Å². The predicted octanol–water partition coefficient (Wildman–Crippen LogP) is 3.90. The summed E-state index contributed by atoms with van der Waals surface area (Å²) in [7, 11) is -3.79. The molecule has 0 spiro atoms. The summed E-state index contributed by atoms with van der Waals surface area (Å²) < 4.78 is 40.2. The van der Waals surface area contributed by atoms with Gasteiger partial charge in [-0.25, -0.2) is 22.8 Å². The van der Waals surface area contributed by atoms with Crippen molar-refractivity contribution < 1.29 is 12.8 Å². The van der Waals surface area contributed by atoms with E-state index in [1.807, 2.05) is 6.92 Å². The maximum Gasteiger partial charge on any atom is 0.261 e. The molecule has 0 aliphatic carbocycles. The summed E-state index contributed by atoms with van der Waals surface area (Å²) in [6, 6.07) is 13.1. The first-order valence-electron chi connectivity index (χ1n) is 8.61. The Morgan fingerprint density at radius 2 is 1.54 bits per heavy atom. The molecule has 0 saturated heterocycles. The molecular weight excluding hydrogens is 381 g/mol. The van der Waals surface area contributed by atoms with E-state index in [-0.39, 0.29) is 4.90 Å². The number of rotatable bonds is 7. The SMILES string of the molecule is CCNc1cc(Nc2ccc(NS(=O)(=O)c3ccc(F)cc3)cc2)nc(C)n1. The Balaban J connectivity index is 1.72. The van der Waals surface area contributed by atoms with Gasteiger partial charge in [-0.15, -0.1) is 0 Å². The van der Waals surface area contributed by atoms with Gasteiger partial charge in [0, 0.05) is 24.0 Å². The van der Waals surface area contributed by atoms with Crippen LogP contribution in [0.4, 0.5) is 27.4 Å². The molecule has 0 radical (unpaired) electrons. The molecule has 3 rings (SSSR count). The molecule has 3 aromatic rings. The third-order valence-corrected chi connectivity index (χ3v) is 5.13. The first kappa shape index (κ1) is 19.6. The minimum atomic E-state index is -3.79. The second-order valence-corrected chi connectivity index (χ2v) is 7.66. The molecule has 0 bridgehead atoms. The number of nitrogens with zero attached hydrogens (tertiary/aromatic N) is 2. The number of aromatic nitrogens is 2. The molecule has 0 aliphatic heterocycles. The normalized spacial score (nSPS) is 11.1. The summed E-state index contributed by atoms with van der Waals surface area (Å²) >= 11 is 0. The molecule has 3 N–H and O–H groups in total. The van der Waals surface area contributed by atoms with Gasteiger partial charge in [0.2, 0.25) is 0 Å². The van der Waals surface area contributed by atoms with Crippen molar-refractivity contribution in [2.75, 3.05) is 21.9 Å². The molecule has 2 aromatic carbocycles. The van der Waals surface area contributed by atoms with Crippen molar-refractivity contribution in [3.05, 3.63) is 66.2 Å². The summed E-state index contributed by atoms with van der Waals surface area (Å²) in [5.74, 6) is 1.49. The summed E-state index contributed by atoms with van der Waals surface area (Å²) in [6.07, 6.45) is 0. The van der Waals surface area contributed by atoms with Gasteiger partial charge in [-0.2, -0.15) is 0 Å². The van der Waals surface area contributed by atoms with Crippen LogP contribution in [0.3, 0.4) is 0 Å². The van der Waals surface area contributed by atoms with Crippen molar-refractivity contribution in [3.8, 4) is 0 Å². The van der Waals surface area contributed by atoms with E-state index in [0.29, 0.717) is 17.3 Å². The van der Waals surface area contributed by atoms with Gasteiger partial charge in [-0.3, -0.25) is 4.72 Å². The van der Waals surface area contributed by atoms with Gasteiger partial charge in [-0.05, 0) is 62.4 Å². The van der Waals surface area contributed by atoms with Crippen LogP contribution in [0.1, 0.15) is 12.7 Å². The van der Waals surface area contributed by atoms with Crippen LogP contribution in [0, 0.1) is 12.7 Å². The van der Waals surface area contributed by atoms with E-state index in [1.54, 1.807) is 37.3 Å². The van der Waals surface area contributed by atoms with E-state index in [9.17, 15) is 12.8 Å². The minimum Gasteiger partial charge on any atom is -0.370 e. The fraction of sp³-hybridized carbons (Fsp3) is 0.158. The Hall–Kier alpha value is -3.20. The van der Waals surface area contributed by atoms with E-state index >= 15 is 0 Å². The van der Waals surface area contributed by atoms with Crippen LogP contribution in [0.15, 0.2) is 59.5 Å². The molecular formula is C19H20FN5O2S. The lowest BCUT2D eigenvalue weighted by atomic mass is 10.3. The lowest BCUT2D eigenvalue weighted by molar-refractivity contribution is 0.599. The van der Waals surface area contributed by atoms with Crippen LogP contribution >= 0.6 is 0 Å². The van der Waals surface area contributed by atoms with Crippen LogP contribution in [0.2, 0.25) is 0 Å². The number of hydrogen-bond acceptors (Lipinski definition) is 6. The zero-order chi connectivity index (χ0) is 20.1. The summed E-state index contributed by atoms with van der Waals surface area (Å²) in [6.45, 7) is 4.54. The van der Waals surface area contributed by atoms with Crippen molar-refractivity contribution >= 4 is 33.0 Å². The Bertz CT molecular complexity index is 1050. The third-order valence-electron chi connectivity index (χ3n) is 3.73. The maximum atomic E-state index is 13.0. The number of nitrogens with one attached hydrogen (secondary N) is 3. The number of anilines is 4. The highest BCUT2D eigenvalue weighted by atomic mass is 32.2. The Morgan fingerprint density at radius 3 is 2.18 bits per heavy atom. The van der Waals surface area contributed by atoms with Crippen molar-refractivity contribution in [1.29, 1.82) is 0 Å². The molecule has 1 aromatic heterocycles. The molecule has 0 fully saturated rings.